The summed E-state index contributed by atoms with van der Waals surface area (Å²) in [5.74, 6) is -1.90. The second-order valence-electron chi connectivity index (χ2n) is 21.6. The fourth-order valence-electron chi connectivity index (χ4n) is 12.3. The lowest BCUT2D eigenvalue weighted by atomic mass is 9.76. The van der Waals surface area contributed by atoms with E-state index in [2.05, 4.69) is 73.0 Å². The lowest BCUT2D eigenvalue weighted by Crippen LogP contribution is -2.56. The molecule has 74 heavy (non-hydrogen) atoms. The van der Waals surface area contributed by atoms with Crippen LogP contribution in [0.15, 0.2) is 42.5 Å². The number of thioether (sulfide) groups is 1. The zero-order chi connectivity index (χ0) is 52.1. The molecule has 6 atom stereocenters. The van der Waals surface area contributed by atoms with Gasteiger partial charge in [0.25, 0.3) is 11.8 Å². The van der Waals surface area contributed by atoms with Crippen LogP contribution in [0.25, 0.3) is 0 Å². The van der Waals surface area contributed by atoms with Crippen LogP contribution in [0, 0.1) is 11.3 Å². The summed E-state index contributed by atoms with van der Waals surface area (Å²) in [4.78, 5) is 96.8. The number of anilines is 1. The highest BCUT2D eigenvalue weighted by atomic mass is 32.2. The van der Waals surface area contributed by atoms with Gasteiger partial charge < -0.3 is 26.2 Å². The molecule has 21 heteroatoms. The van der Waals surface area contributed by atoms with Crippen molar-refractivity contribution in [3.8, 4) is 0 Å². The summed E-state index contributed by atoms with van der Waals surface area (Å²) in [6.45, 7) is 4.13. The molecule has 2 aromatic carbocycles. The Morgan fingerprint density at radius 3 is 2.39 bits per heavy atom. The third kappa shape index (κ3) is 12.3. The number of nitrogens with zero attached hydrogens (tertiary/aromatic N) is 4. The van der Waals surface area contributed by atoms with Gasteiger partial charge in [0.2, 0.25) is 39.6 Å². The van der Waals surface area contributed by atoms with Crippen molar-refractivity contribution in [2.75, 3.05) is 76.7 Å². The predicted octanol–water partition coefficient (Wildman–Crippen LogP) is 3.25. The Labute approximate surface area is 439 Å². The summed E-state index contributed by atoms with van der Waals surface area (Å²) in [6, 6.07) is 13.6. The van der Waals surface area contributed by atoms with Gasteiger partial charge in [-0.1, -0.05) is 49.6 Å². The summed E-state index contributed by atoms with van der Waals surface area (Å²) >= 11 is 1.61. The third-order valence-electron chi connectivity index (χ3n) is 16.6. The van der Waals surface area contributed by atoms with Gasteiger partial charge in [0.15, 0.2) is 0 Å². The standard InChI is InChI=1S/C53H74N10O9S2/c1-60(26-10-24-54-40-16-9-15-39-46(40)50(69)63(49(39)68)42-17-18-44(64)58-48(42)67)25-7-6-23-55-51(70)53(21-22-53)43-30-35(20-28-62(43)38-13-4-3-5-14-38)34-11-8-12-36(29-34)41-33-73-52(57-41)59-45(65)31-56-47(66)37-19-27-61(32-37)74(2,71)72/h8-9,11-12,15-16,29,35,37-38,41-43,52,54,57H,3-7,10,13-14,17-28,30-33H2,1-2H3,(H,55,70)(H,56,66)(H,59,65)(H,58,64,67). The second kappa shape index (κ2) is 23.5. The number of nitrogens with one attached hydrogen (secondary N) is 6. The van der Waals surface area contributed by atoms with Crippen LogP contribution in [0.3, 0.4) is 0 Å². The van der Waals surface area contributed by atoms with Gasteiger partial charge in [-0.15, -0.1) is 11.8 Å². The number of fused-ring (bicyclic) bond motifs is 1. The summed E-state index contributed by atoms with van der Waals surface area (Å²) in [5, 5.41) is 18.2. The van der Waals surface area contributed by atoms with E-state index >= 15 is 0 Å². The first-order valence-electron chi connectivity index (χ1n) is 26.9. The Morgan fingerprint density at radius 2 is 1.64 bits per heavy atom. The number of hydrogen-bond acceptors (Lipinski definition) is 14. The Hall–Kier alpha value is -4.93. The molecule has 9 rings (SSSR count). The molecule has 4 saturated heterocycles. The van der Waals surface area contributed by atoms with Crippen molar-refractivity contribution in [1.29, 1.82) is 0 Å². The van der Waals surface area contributed by atoms with E-state index in [-0.39, 0.29) is 77.8 Å². The Balaban J connectivity index is 0.717. The van der Waals surface area contributed by atoms with E-state index in [0.717, 1.165) is 87.1 Å². The van der Waals surface area contributed by atoms with Gasteiger partial charge in [-0.2, -0.15) is 0 Å². The van der Waals surface area contributed by atoms with E-state index in [1.54, 1.807) is 30.0 Å². The molecule has 402 valence electrons. The number of hydrogen-bond donors (Lipinski definition) is 6. The highest BCUT2D eigenvalue weighted by molar-refractivity contribution is 8.00. The summed E-state index contributed by atoms with van der Waals surface area (Å²) in [6.07, 6.45) is 14.3. The number of piperidine rings is 2. The molecule has 6 unspecified atom stereocenters. The number of sulfonamides is 1. The average Bonchev–Trinajstić information content (AvgIpc) is 3.67. The van der Waals surface area contributed by atoms with E-state index in [9.17, 15) is 42.0 Å². The maximum atomic E-state index is 14.3. The molecule has 0 radical (unpaired) electrons. The molecule has 6 fully saturated rings. The van der Waals surface area contributed by atoms with Crippen molar-refractivity contribution in [1.82, 2.24) is 45.6 Å². The molecule has 6 N–H and O–H groups in total. The topological polar surface area (TPSA) is 239 Å². The minimum atomic E-state index is -3.36. The van der Waals surface area contributed by atoms with Gasteiger partial charge in [0.1, 0.15) is 11.5 Å². The largest absolute Gasteiger partial charge is 0.384 e. The molecule has 5 heterocycles. The van der Waals surface area contributed by atoms with Gasteiger partial charge >= 0.3 is 0 Å². The molecule has 2 saturated carbocycles. The minimum absolute atomic E-state index is 0.0293. The lowest BCUT2D eigenvalue weighted by molar-refractivity contribution is -0.136. The van der Waals surface area contributed by atoms with Crippen LogP contribution >= 0.6 is 11.8 Å². The Kier molecular flexibility index (Phi) is 17.1. The first-order chi connectivity index (χ1) is 35.6. The minimum Gasteiger partial charge on any atom is -0.384 e. The fourth-order valence-corrected chi connectivity index (χ4v) is 14.3. The highest BCUT2D eigenvalue weighted by Gasteiger charge is 2.59. The maximum absolute atomic E-state index is 14.3. The Bertz CT molecular complexity index is 2570. The van der Waals surface area contributed by atoms with Crippen molar-refractivity contribution in [3.05, 3.63) is 64.7 Å². The van der Waals surface area contributed by atoms with Gasteiger partial charge in [0, 0.05) is 62.2 Å². The van der Waals surface area contributed by atoms with Crippen LogP contribution < -0.4 is 31.9 Å². The van der Waals surface area contributed by atoms with Gasteiger partial charge in [-0.05, 0) is 126 Å². The quantitative estimate of drug-likeness (QED) is 0.0778. The summed E-state index contributed by atoms with van der Waals surface area (Å²) in [7, 11) is -1.28. The Morgan fingerprint density at radius 1 is 0.865 bits per heavy atom. The molecule has 7 amide bonds. The van der Waals surface area contributed by atoms with Crippen molar-refractivity contribution < 1.29 is 42.0 Å². The van der Waals surface area contributed by atoms with E-state index in [4.69, 9.17) is 0 Å². The van der Waals surface area contributed by atoms with Crippen molar-refractivity contribution in [3.63, 3.8) is 0 Å². The summed E-state index contributed by atoms with van der Waals surface area (Å²) < 4.78 is 25.0. The number of unbranched alkanes of at least 4 members (excludes halogenated alkanes) is 1. The smallest absolute Gasteiger partial charge is 0.264 e. The van der Waals surface area contributed by atoms with E-state index in [1.807, 2.05) is 0 Å². The molecule has 2 aromatic rings. The van der Waals surface area contributed by atoms with Crippen LogP contribution in [0.1, 0.15) is 140 Å². The van der Waals surface area contributed by atoms with Gasteiger partial charge in [-0.3, -0.25) is 54.0 Å². The van der Waals surface area contributed by atoms with Crippen molar-refractivity contribution in [2.24, 2.45) is 11.3 Å². The molecule has 5 aliphatic heterocycles. The average molecular weight is 1060 g/mol. The van der Waals surface area contributed by atoms with Crippen molar-refractivity contribution in [2.45, 2.75) is 132 Å². The molecule has 0 spiro atoms. The number of rotatable bonds is 21. The number of likely N-dealkylation sites (tertiary alicyclic amines) is 1. The SMILES string of the molecule is CN(CCCCNC(=O)C1(C2CC(c3cccc(C4CSC(NC(=O)CNC(=O)C5CCN(S(C)(=O)=O)C5)N4)c3)CCN2C2CCCCC2)CC1)CCCNc1cccc2c1C(=O)N(C1CCC(=O)NC1=O)C2=O. The normalized spacial score (nSPS) is 26.5. The van der Waals surface area contributed by atoms with E-state index in [1.165, 1.54) is 42.0 Å². The van der Waals surface area contributed by atoms with Crippen molar-refractivity contribution >= 4 is 68.8 Å². The number of carbonyl (C=O) groups excluding carboxylic acids is 7. The predicted molar refractivity (Wildman–Crippen MR) is 281 cm³/mol. The zero-order valence-electron chi connectivity index (χ0n) is 42.8. The molecule has 7 aliphatic rings. The first-order valence-corrected chi connectivity index (χ1v) is 29.8. The second-order valence-corrected chi connectivity index (χ2v) is 24.8. The molecule has 19 nitrogen and oxygen atoms in total. The lowest BCUT2D eigenvalue weighted by Gasteiger charge is -2.48. The van der Waals surface area contributed by atoms with Crippen LogP contribution in [0.5, 0.6) is 0 Å². The third-order valence-corrected chi connectivity index (χ3v) is 19.0. The van der Waals surface area contributed by atoms with E-state index in [0.29, 0.717) is 43.7 Å². The molecule has 2 aliphatic carbocycles. The number of amides is 7. The number of benzene rings is 2. The summed E-state index contributed by atoms with van der Waals surface area (Å²) in [5.41, 5.74) is 2.83. The van der Waals surface area contributed by atoms with Crippen LogP contribution in [-0.4, -0.2) is 164 Å². The van der Waals surface area contributed by atoms with Crippen LogP contribution in [-0.2, 0) is 34.0 Å². The maximum Gasteiger partial charge on any atom is 0.264 e. The molecule has 0 aromatic heterocycles. The molecular formula is C53H74N10O9S2. The zero-order valence-corrected chi connectivity index (χ0v) is 44.5. The van der Waals surface area contributed by atoms with Crippen LogP contribution in [0.4, 0.5) is 5.69 Å². The highest BCUT2D eigenvalue weighted by Crippen LogP contribution is 2.56. The van der Waals surface area contributed by atoms with Gasteiger partial charge in [0.05, 0.1) is 35.3 Å². The van der Waals surface area contributed by atoms with E-state index < -0.39 is 45.6 Å². The molecular weight excluding hydrogens is 985 g/mol. The monoisotopic (exact) mass is 1060 g/mol. The fraction of sp³-hybridized carbons (Fsp3) is 0.642. The number of imide groups is 2. The van der Waals surface area contributed by atoms with Gasteiger partial charge in [-0.25, -0.2) is 12.7 Å². The number of carbonyl (C=O) groups is 7. The molecule has 0 bridgehead atoms. The van der Waals surface area contributed by atoms with Crippen LogP contribution in [0.2, 0.25) is 0 Å². The first kappa shape index (κ1) is 53.9.